The molecule has 0 radical (unpaired) electrons. The van der Waals surface area contributed by atoms with E-state index in [2.05, 4.69) is 5.32 Å². The van der Waals surface area contributed by atoms with Gasteiger partial charge < -0.3 is 15.8 Å². The van der Waals surface area contributed by atoms with Crippen molar-refractivity contribution in [2.45, 2.75) is 31.1 Å². The molecule has 136 valence electrons. The Hall–Kier alpha value is -2.89. The van der Waals surface area contributed by atoms with E-state index in [1.54, 1.807) is 42.5 Å². The molecule has 3 N–H and O–H groups in total. The number of hydrogen-bond acceptors (Lipinski definition) is 3. The molecule has 0 spiro atoms. The van der Waals surface area contributed by atoms with Gasteiger partial charge in [0, 0.05) is 11.3 Å². The minimum absolute atomic E-state index is 0.203. The maximum Gasteiger partial charge on any atom is 0.255 e. The van der Waals surface area contributed by atoms with E-state index < -0.39 is 11.3 Å². The summed E-state index contributed by atoms with van der Waals surface area (Å²) in [4.78, 5) is 23.8. The lowest BCUT2D eigenvalue weighted by Gasteiger charge is -2.28. The number of hydrogen-bond donors (Lipinski definition) is 2. The minimum Gasteiger partial charge on any atom is -0.484 e. The molecular formula is C20H21FN2O3. The van der Waals surface area contributed by atoms with Crippen molar-refractivity contribution in [2.24, 2.45) is 5.73 Å². The third-order valence-corrected chi connectivity index (χ3v) is 4.77. The number of ether oxygens (including phenoxy) is 1. The van der Waals surface area contributed by atoms with Gasteiger partial charge in [-0.2, -0.15) is 0 Å². The van der Waals surface area contributed by atoms with Gasteiger partial charge in [0.05, 0.1) is 5.41 Å². The summed E-state index contributed by atoms with van der Waals surface area (Å²) in [6.07, 6.45) is 3.03. The number of nitrogens with two attached hydrogens (primary N) is 1. The fourth-order valence-electron chi connectivity index (χ4n) is 3.49. The molecule has 0 aliphatic heterocycles. The van der Waals surface area contributed by atoms with E-state index in [1.807, 2.05) is 0 Å². The zero-order chi connectivity index (χ0) is 18.6. The van der Waals surface area contributed by atoms with Crippen LogP contribution >= 0.6 is 0 Å². The van der Waals surface area contributed by atoms with Gasteiger partial charge in [-0.15, -0.1) is 0 Å². The van der Waals surface area contributed by atoms with Crippen molar-refractivity contribution in [2.75, 3.05) is 11.9 Å². The highest BCUT2D eigenvalue weighted by molar-refractivity contribution is 5.99. The number of amides is 2. The third kappa shape index (κ3) is 3.69. The lowest BCUT2D eigenvalue weighted by atomic mass is 9.77. The summed E-state index contributed by atoms with van der Waals surface area (Å²) < 4.78 is 19.5. The molecule has 0 bridgehead atoms. The number of carbonyl (C=O) groups is 2. The van der Waals surface area contributed by atoms with Gasteiger partial charge in [0.2, 0.25) is 5.91 Å². The number of carbonyl (C=O) groups excluding carboxylic acids is 2. The van der Waals surface area contributed by atoms with Gasteiger partial charge >= 0.3 is 0 Å². The maximum absolute atomic E-state index is 14.4. The molecule has 2 amide bonds. The lowest BCUT2D eigenvalue weighted by Crippen LogP contribution is -2.38. The summed E-state index contributed by atoms with van der Waals surface area (Å²) in [5, 5.41) is 2.89. The molecular weight excluding hydrogens is 335 g/mol. The Labute approximate surface area is 151 Å². The topological polar surface area (TPSA) is 81.4 Å². The Morgan fingerprint density at radius 2 is 1.73 bits per heavy atom. The van der Waals surface area contributed by atoms with Gasteiger partial charge in [0.1, 0.15) is 11.6 Å². The van der Waals surface area contributed by atoms with E-state index in [0.717, 1.165) is 12.8 Å². The highest BCUT2D eigenvalue weighted by Gasteiger charge is 2.44. The largest absolute Gasteiger partial charge is 0.484 e. The van der Waals surface area contributed by atoms with E-state index in [-0.39, 0.29) is 18.3 Å². The van der Waals surface area contributed by atoms with E-state index in [1.165, 1.54) is 6.07 Å². The van der Waals surface area contributed by atoms with Gasteiger partial charge in [-0.05, 0) is 43.2 Å². The van der Waals surface area contributed by atoms with Crippen molar-refractivity contribution in [3.05, 3.63) is 59.9 Å². The summed E-state index contributed by atoms with van der Waals surface area (Å²) in [5.41, 5.74) is 5.24. The van der Waals surface area contributed by atoms with Crippen LogP contribution in [0, 0.1) is 5.82 Å². The molecule has 0 aromatic heterocycles. The first-order chi connectivity index (χ1) is 12.5. The second-order valence-electron chi connectivity index (χ2n) is 6.50. The van der Waals surface area contributed by atoms with E-state index in [9.17, 15) is 14.0 Å². The van der Waals surface area contributed by atoms with E-state index in [0.29, 0.717) is 29.8 Å². The van der Waals surface area contributed by atoms with Gasteiger partial charge in [0.25, 0.3) is 5.91 Å². The molecule has 26 heavy (non-hydrogen) atoms. The van der Waals surface area contributed by atoms with Crippen LogP contribution in [-0.4, -0.2) is 18.4 Å². The minimum atomic E-state index is -0.841. The van der Waals surface area contributed by atoms with Crippen LogP contribution < -0.4 is 15.8 Å². The quantitative estimate of drug-likeness (QED) is 0.834. The standard InChI is InChI=1S/C20H21FN2O3/c21-17-6-2-1-5-16(17)20(11-3-4-12-20)19(25)23-14-7-9-15(10-8-14)26-13-18(22)24/h1-2,5-10H,3-4,11-13H2,(H2,22,24)(H,23,25). The number of anilines is 1. The van der Waals surface area contributed by atoms with Crippen molar-refractivity contribution < 1.29 is 18.7 Å². The highest BCUT2D eigenvalue weighted by atomic mass is 19.1. The van der Waals surface area contributed by atoms with Crippen LogP contribution in [0.2, 0.25) is 0 Å². The van der Waals surface area contributed by atoms with Crippen LogP contribution in [0.25, 0.3) is 0 Å². The average Bonchev–Trinajstić information content (AvgIpc) is 3.12. The number of benzene rings is 2. The summed E-state index contributed by atoms with van der Waals surface area (Å²) >= 11 is 0. The van der Waals surface area contributed by atoms with Gasteiger partial charge in [-0.25, -0.2) is 4.39 Å². The fourth-order valence-corrected chi connectivity index (χ4v) is 3.49. The smallest absolute Gasteiger partial charge is 0.255 e. The van der Waals surface area contributed by atoms with Crippen LogP contribution in [0.15, 0.2) is 48.5 Å². The number of halogens is 1. The second-order valence-corrected chi connectivity index (χ2v) is 6.50. The monoisotopic (exact) mass is 356 g/mol. The molecule has 2 aromatic rings. The average molecular weight is 356 g/mol. The maximum atomic E-state index is 14.4. The normalized spacial score (nSPS) is 15.4. The van der Waals surface area contributed by atoms with Crippen molar-refractivity contribution in [1.82, 2.24) is 0 Å². The van der Waals surface area contributed by atoms with E-state index >= 15 is 0 Å². The number of nitrogens with one attached hydrogen (secondary N) is 1. The van der Waals surface area contributed by atoms with Gasteiger partial charge in [0.15, 0.2) is 6.61 Å². The fraction of sp³-hybridized carbons (Fsp3) is 0.300. The van der Waals surface area contributed by atoms with Crippen molar-refractivity contribution >= 4 is 17.5 Å². The molecule has 0 saturated heterocycles. The van der Waals surface area contributed by atoms with Crippen molar-refractivity contribution in [3.8, 4) is 5.75 Å². The van der Waals surface area contributed by atoms with Crippen LogP contribution in [0.1, 0.15) is 31.2 Å². The van der Waals surface area contributed by atoms with Gasteiger partial charge in [-0.3, -0.25) is 9.59 Å². The van der Waals surface area contributed by atoms with Crippen molar-refractivity contribution in [3.63, 3.8) is 0 Å². The van der Waals surface area contributed by atoms with Crippen LogP contribution in [0.5, 0.6) is 5.75 Å². The van der Waals surface area contributed by atoms with Crippen LogP contribution in [0.3, 0.4) is 0 Å². The Morgan fingerprint density at radius 1 is 1.08 bits per heavy atom. The summed E-state index contributed by atoms with van der Waals surface area (Å²) in [6, 6.07) is 13.1. The van der Waals surface area contributed by atoms with Crippen LogP contribution in [0.4, 0.5) is 10.1 Å². The van der Waals surface area contributed by atoms with Crippen LogP contribution in [-0.2, 0) is 15.0 Å². The lowest BCUT2D eigenvalue weighted by molar-refractivity contribution is -0.121. The number of primary amides is 1. The Balaban J connectivity index is 1.77. The SMILES string of the molecule is NC(=O)COc1ccc(NC(=O)C2(c3ccccc3F)CCCC2)cc1. The number of rotatable bonds is 6. The molecule has 1 saturated carbocycles. The molecule has 1 aliphatic carbocycles. The molecule has 6 heteroatoms. The molecule has 0 atom stereocenters. The molecule has 3 rings (SSSR count). The predicted octanol–water partition coefficient (Wildman–Crippen LogP) is 3.14. The molecule has 0 unspecified atom stereocenters. The second kappa shape index (κ2) is 7.56. The summed E-state index contributed by atoms with van der Waals surface area (Å²) in [6.45, 7) is -0.206. The van der Waals surface area contributed by atoms with E-state index in [4.69, 9.17) is 10.5 Å². The molecule has 5 nitrogen and oxygen atoms in total. The zero-order valence-corrected chi connectivity index (χ0v) is 14.3. The first kappa shape index (κ1) is 17.9. The Kier molecular flexibility index (Phi) is 5.21. The van der Waals surface area contributed by atoms with Gasteiger partial charge in [-0.1, -0.05) is 31.0 Å². The first-order valence-electron chi connectivity index (χ1n) is 8.59. The Morgan fingerprint density at radius 3 is 2.35 bits per heavy atom. The van der Waals surface area contributed by atoms with Crippen molar-refractivity contribution in [1.29, 1.82) is 0 Å². The molecule has 0 heterocycles. The summed E-state index contributed by atoms with van der Waals surface area (Å²) in [7, 11) is 0. The third-order valence-electron chi connectivity index (χ3n) is 4.77. The predicted molar refractivity (Wildman–Crippen MR) is 96.3 cm³/mol. The molecule has 1 aliphatic rings. The summed E-state index contributed by atoms with van der Waals surface area (Å²) in [5.74, 6) is -0.632. The highest BCUT2D eigenvalue weighted by Crippen LogP contribution is 2.43. The Bertz CT molecular complexity index is 799. The molecule has 1 fully saturated rings. The first-order valence-corrected chi connectivity index (χ1v) is 8.59. The zero-order valence-electron chi connectivity index (χ0n) is 14.3. The molecule has 2 aromatic carbocycles.